The zero-order valence-electron chi connectivity index (χ0n) is 9.84. The third-order valence-corrected chi connectivity index (χ3v) is 6.05. The summed E-state index contributed by atoms with van der Waals surface area (Å²) in [5.74, 6) is 0. The molecule has 19 heavy (non-hydrogen) atoms. The van der Waals surface area contributed by atoms with Gasteiger partial charge in [-0.15, -0.1) is 23.5 Å². The SMILES string of the molecule is O=[N+]([O-])[C@@H]1[C@@H](Sc2ccccc2)S[C@H]1c1ccoc1. The molecular weight excluding hydrogens is 282 g/mol. The second-order valence-electron chi connectivity index (χ2n) is 4.19. The van der Waals surface area contributed by atoms with Crippen molar-refractivity contribution in [2.75, 3.05) is 0 Å². The molecule has 0 saturated carbocycles. The molecule has 0 radical (unpaired) electrons. The average Bonchev–Trinajstić information content (AvgIpc) is 2.87. The summed E-state index contributed by atoms with van der Waals surface area (Å²) in [6.45, 7) is 0. The fourth-order valence-electron chi connectivity index (χ4n) is 2.01. The minimum Gasteiger partial charge on any atom is -0.472 e. The van der Waals surface area contributed by atoms with Crippen molar-refractivity contribution in [1.82, 2.24) is 0 Å². The Balaban J connectivity index is 1.73. The van der Waals surface area contributed by atoms with Gasteiger partial charge in [0.1, 0.15) is 9.83 Å². The van der Waals surface area contributed by atoms with Gasteiger partial charge in [-0.05, 0) is 18.2 Å². The average molecular weight is 293 g/mol. The number of benzene rings is 1. The van der Waals surface area contributed by atoms with Crippen LogP contribution >= 0.6 is 23.5 Å². The van der Waals surface area contributed by atoms with Gasteiger partial charge in [-0.25, -0.2) is 0 Å². The molecule has 0 amide bonds. The van der Waals surface area contributed by atoms with Crippen molar-refractivity contribution in [1.29, 1.82) is 0 Å². The van der Waals surface area contributed by atoms with E-state index in [4.69, 9.17) is 4.42 Å². The molecule has 0 aliphatic carbocycles. The minimum atomic E-state index is -0.562. The molecule has 2 heterocycles. The summed E-state index contributed by atoms with van der Waals surface area (Å²) in [7, 11) is 0. The van der Waals surface area contributed by atoms with Crippen molar-refractivity contribution in [3.05, 3.63) is 64.6 Å². The molecule has 1 saturated heterocycles. The summed E-state index contributed by atoms with van der Waals surface area (Å²) in [6, 6.07) is 11.0. The third-order valence-electron chi connectivity index (χ3n) is 2.98. The Morgan fingerprint density at radius 1 is 1.26 bits per heavy atom. The lowest BCUT2D eigenvalue weighted by atomic mass is 10.1. The van der Waals surface area contributed by atoms with E-state index in [1.165, 1.54) is 0 Å². The van der Waals surface area contributed by atoms with E-state index in [0.29, 0.717) is 0 Å². The zero-order chi connectivity index (χ0) is 13.2. The number of nitro groups is 1. The molecule has 1 aromatic carbocycles. The van der Waals surface area contributed by atoms with Crippen LogP contribution in [0.1, 0.15) is 10.8 Å². The van der Waals surface area contributed by atoms with Crippen molar-refractivity contribution in [2.45, 2.75) is 20.8 Å². The van der Waals surface area contributed by atoms with Crippen LogP contribution in [0, 0.1) is 10.1 Å². The molecule has 98 valence electrons. The van der Waals surface area contributed by atoms with E-state index in [1.807, 2.05) is 30.3 Å². The van der Waals surface area contributed by atoms with Gasteiger partial charge in [0.2, 0.25) is 6.04 Å². The predicted molar refractivity (Wildman–Crippen MR) is 75.9 cm³/mol. The van der Waals surface area contributed by atoms with Gasteiger partial charge in [-0.2, -0.15) is 0 Å². The highest BCUT2D eigenvalue weighted by Gasteiger charge is 2.52. The molecule has 3 rings (SSSR count). The number of rotatable bonds is 4. The first-order chi connectivity index (χ1) is 9.25. The first-order valence-corrected chi connectivity index (χ1v) is 7.61. The van der Waals surface area contributed by atoms with Crippen LogP contribution in [-0.4, -0.2) is 15.5 Å². The number of hydrogen-bond donors (Lipinski definition) is 0. The predicted octanol–water partition coefficient (Wildman–Crippen LogP) is 3.83. The molecule has 3 atom stereocenters. The van der Waals surface area contributed by atoms with Gasteiger partial charge < -0.3 is 4.42 Å². The maximum atomic E-state index is 11.2. The number of furan rings is 1. The standard InChI is InChI=1S/C13H11NO3S2/c15-14(16)11-12(9-6-7-17-8-9)19-13(11)18-10-4-2-1-3-5-10/h1-8,11-13H/t11-,12-,13-/m0/s1. The van der Waals surface area contributed by atoms with E-state index < -0.39 is 6.04 Å². The van der Waals surface area contributed by atoms with Gasteiger partial charge in [0.05, 0.1) is 12.5 Å². The van der Waals surface area contributed by atoms with Crippen molar-refractivity contribution in [2.24, 2.45) is 0 Å². The van der Waals surface area contributed by atoms with E-state index >= 15 is 0 Å². The van der Waals surface area contributed by atoms with E-state index in [1.54, 1.807) is 42.1 Å². The largest absolute Gasteiger partial charge is 0.472 e. The van der Waals surface area contributed by atoms with Gasteiger partial charge in [0.15, 0.2) is 0 Å². The van der Waals surface area contributed by atoms with E-state index in [0.717, 1.165) is 10.5 Å². The maximum absolute atomic E-state index is 11.2. The van der Waals surface area contributed by atoms with E-state index in [2.05, 4.69) is 0 Å². The number of thioether (sulfide) groups is 2. The lowest BCUT2D eigenvalue weighted by Crippen LogP contribution is -2.43. The van der Waals surface area contributed by atoms with Crippen molar-refractivity contribution in [3.63, 3.8) is 0 Å². The van der Waals surface area contributed by atoms with Gasteiger partial charge in [0.25, 0.3) is 0 Å². The highest BCUT2D eigenvalue weighted by molar-refractivity contribution is 8.18. The second-order valence-corrected chi connectivity index (χ2v) is 6.99. The molecule has 4 nitrogen and oxygen atoms in total. The summed E-state index contributed by atoms with van der Waals surface area (Å²) in [5, 5.41) is 11.1. The summed E-state index contributed by atoms with van der Waals surface area (Å²) < 4.78 is 4.97. The summed E-state index contributed by atoms with van der Waals surface area (Å²) in [4.78, 5) is 12.1. The molecule has 2 aromatic rings. The van der Waals surface area contributed by atoms with E-state index in [-0.39, 0.29) is 14.8 Å². The number of nitrogens with zero attached hydrogens (tertiary/aromatic N) is 1. The second kappa shape index (κ2) is 5.30. The van der Waals surface area contributed by atoms with Crippen molar-refractivity contribution in [3.8, 4) is 0 Å². The fourth-order valence-corrected chi connectivity index (χ4v) is 5.15. The quantitative estimate of drug-likeness (QED) is 0.633. The first kappa shape index (κ1) is 12.6. The number of hydrogen-bond acceptors (Lipinski definition) is 5. The molecule has 0 bridgehead atoms. The topological polar surface area (TPSA) is 56.3 Å². The van der Waals surface area contributed by atoms with Crippen LogP contribution in [0.3, 0.4) is 0 Å². The Morgan fingerprint density at radius 2 is 2.05 bits per heavy atom. The lowest BCUT2D eigenvalue weighted by Gasteiger charge is -2.36. The van der Waals surface area contributed by atoms with Crippen LogP contribution in [0.25, 0.3) is 0 Å². The highest BCUT2D eigenvalue weighted by atomic mass is 32.2. The monoisotopic (exact) mass is 293 g/mol. The molecule has 1 fully saturated rings. The smallest absolute Gasteiger partial charge is 0.250 e. The zero-order valence-corrected chi connectivity index (χ0v) is 11.5. The summed E-state index contributed by atoms with van der Waals surface area (Å²) in [6.07, 6.45) is 3.15. The first-order valence-electron chi connectivity index (χ1n) is 5.78. The summed E-state index contributed by atoms with van der Waals surface area (Å²) >= 11 is 3.18. The van der Waals surface area contributed by atoms with Gasteiger partial charge in [-0.3, -0.25) is 10.1 Å². The molecule has 1 aliphatic heterocycles. The Labute approximate surface area is 118 Å². The van der Waals surface area contributed by atoms with Crippen LogP contribution in [0.4, 0.5) is 0 Å². The van der Waals surface area contributed by atoms with Crippen molar-refractivity contribution < 1.29 is 9.34 Å². The van der Waals surface area contributed by atoms with E-state index in [9.17, 15) is 10.1 Å². The minimum absolute atomic E-state index is 0.0442. The van der Waals surface area contributed by atoms with Crippen LogP contribution in [0.5, 0.6) is 0 Å². The van der Waals surface area contributed by atoms with Gasteiger partial charge in [-0.1, -0.05) is 18.2 Å². The normalized spacial score (nSPS) is 25.8. The fraction of sp³-hybridized carbons (Fsp3) is 0.231. The Kier molecular flexibility index (Phi) is 3.52. The molecule has 0 spiro atoms. The molecule has 0 unspecified atom stereocenters. The van der Waals surface area contributed by atoms with Crippen molar-refractivity contribution >= 4 is 23.5 Å². The lowest BCUT2D eigenvalue weighted by molar-refractivity contribution is -0.522. The molecule has 0 N–H and O–H groups in total. The molecular formula is C13H11NO3S2. The van der Waals surface area contributed by atoms with Crippen LogP contribution in [0.15, 0.2) is 58.2 Å². The Bertz CT molecular complexity index is 559. The molecule has 1 aromatic heterocycles. The summed E-state index contributed by atoms with van der Waals surface area (Å²) in [5.41, 5.74) is 0.900. The Hall–Kier alpha value is -1.40. The van der Waals surface area contributed by atoms with Crippen LogP contribution in [-0.2, 0) is 0 Å². The van der Waals surface area contributed by atoms with Gasteiger partial charge in [0, 0.05) is 15.4 Å². The highest BCUT2D eigenvalue weighted by Crippen LogP contribution is 2.55. The molecule has 1 aliphatic rings. The van der Waals surface area contributed by atoms with Crippen LogP contribution < -0.4 is 0 Å². The van der Waals surface area contributed by atoms with Gasteiger partial charge >= 0.3 is 0 Å². The van der Waals surface area contributed by atoms with Crippen LogP contribution in [0.2, 0.25) is 0 Å². The Morgan fingerprint density at radius 3 is 2.68 bits per heavy atom. The maximum Gasteiger partial charge on any atom is 0.250 e. The molecule has 6 heteroatoms. The third kappa shape index (κ3) is 2.50.